The second-order valence-electron chi connectivity index (χ2n) is 8.23. The van der Waals surface area contributed by atoms with Crippen LogP contribution in [0, 0.1) is 6.92 Å². The van der Waals surface area contributed by atoms with Gasteiger partial charge in [-0.2, -0.15) is 0 Å². The van der Waals surface area contributed by atoms with Crippen LogP contribution in [-0.4, -0.2) is 64.6 Å². The number of piperidine rings is 1. The summed E-state index contributed by atoms with van der Waals surface area (Å²) >= 11 is 0. The van der Waals surface area contributed by atoms with Crippen LogP contribution in [0.25, 0.3) is 11.4 Å². The Bertz CT molecular complexity index is 854. The number of nitrogens with zero attached hydrogens (tertiary/aromatic N) is 4. The van der Waals surface area contributed by atoms with Gasteiger partial charge in [0, 0.05) is 50.3 Å². The van der Waals surface area contributed by atoms with E-state index in [1.165, 1.54) is 5.56 Å². The topological polar surface area (TPSA) is 58.6 Å². The van der Waals surface area contributed by atoms with Crippen molar-refractivity contribution >= 4 is 5.91 Å². The zero-order valence-electron chi connectivity index (χ0n) is 17.4. The normalized spacial score (nSPS) is 22.6. The molecule has 0 N–H and O–H groups in total. The van der Waals surface area contributed by atoms with Crippen molar-refractivity contribution < 1.29 is 9.53 Å². The molecule has 0 bridgehead atoms. The Hall–Kier alpha value is -2.31. The lowest BCUT2D eigenvalue weighted by Gasteiger charge is -2.44. The zero-order valence-corrected chi connectivity index (χ0v) is 17.4. The van der Waals surface area contributed by atoms with E-state index in [-0.39, 0.29) is 11.4 Å². The molecule has 2 fully saturated rings. The number of carbonyl (C=O) groups is 1. The molecule has 6 heteroatoms. The van der Waals surface area contributed by atoms with Crippen molar-refractivity contribution in [2.75, 3.05) is 33.4 Å². The third-order valence-corrected chi connectivity index (χ3v) is 6.25. The number of hydrogen-bond donors (Lipinski definition) is 0. The van der Waals surface area contributed by atoms with Crippen molar-refractivity contribution in [1.29, 1.82) is 0 Å². The minimum Gasteiger partial charge on any atom is -0.383 e. The minimum absolute atomic E-state index is 0.274. The van der Waals surface area contributed by atoms with Crippen LogP contribution in [0.15, 0.2) is 36.7 Å². The van der Waals surface area contributed by atoms with E-state index in [2.05, 4.69) is 33.9 Å². The molecule has 154 valence electrons. The largest absolute Gasteiger partial charge is 0.383 e. The summed E-state index contributed by atoms with van der Waals surface area (Å²) in [5.74, 6) is 1.02. The van der Waals surface area contributed by atoms with Gasteiger partial charge in [0.1, 0.15) is 5.54 Å². The van der Waals surface area contributed by atoms with Crippen LogP contribution in [0.5, 0.6) is 0 Å². The molecule has 2 saturated heterocycles. The molecule has 2 aromatic rings. The number of likely N-dealkylation sites (tertiary alicyclic amines) is 2. The van der Waals surface area contributed by atoms with Gasteiger partial charge in [0.2, 0.25) is 5.91 Å². The lowest BCUT2D eigenvalue weighted by Crippen LogP contribution is -2.60. The molecular formula is C23H30N4O2. The fourth-order valence-corrected chi connectivity index (χ4v) is 4.76. The number of rotatable bonds is 6. The molecule has 0 aliphatic carbocycles. The first-order chi connectivity index (χ1) is 14.1. The number of methoxy groups -OCH3 is 1. The van der Waals surface area contributed by atoms with Gasteiger partial charge in [-0.15, -0.1) is 0 Å². The first-order valence-electron chi connectivity index (χ1n) is 10.5. The van der Waals surface area contributed by atoms with Gasteiger partial charge >= 0.3 is 0 Å². The summed E-state index contributed by atoms with van der Waals surface area (Å²) in [5, 5.41) is 0. The van der Waals surface area contributed by atoms with Crippen LogP contribution in [0.4, 0.5) is 0 Å². The third kappa shape index (κ3) is 4.05. The van der Waals surface area contributed by atoms with Crippen LogP contribution in [0.1, 0.15) is 36.8 Å². The lowest BCUT2D eigenvalue weighted by atomic mass is 9.85. The maximum absolute atomic E-state index is 13.3. The highest BCUT2D eigenvalue weighted by Gasteiger charge is 2.50. The highest BCUT2D eigenvalue weighted by atomic mass is 16.5. The Morgan fingerprint density at radius 1 is 1.14 bits per heavy atom. The Labute approximate surface area is 172 Å². The van der Waals surface area contributed by atoms with Crippen LogP contribution < -0.4 is 0 Å². The molecular weight excluding hydrogens is 364 g/mol. The lowest BCUT2D eigenvalue weighted by molar-refractivity contribution is -0.148. The predicted molar refractivity (Wildman–Crippen MR) is 112 cm³/mol. The minimum atomic E-state index is -0.360. The summed E-state index contributed by atoms with van der Waals surface area (Å²) in [6, 6.07) is 8.23. The maximum atomic E-state index is 13.3. The van der Waals surface area contributed by atoms with Crippen molar-refractivity contribution in [1.82, 2.24) is 19.8 Å². The standard InChI is InChI=1S/C23H30N4O2/c1-18-6-3-7-20(14-18)21-24-15-19(16-25-21)17-27-11-5-9-23(27)8-4-10-26(22(23)28)12-13-29-2/h3,6-7,14-16H,4-5,8-13,17H2,1-2H3. The highest BCUT2D eigenvalue weighted by Crippen LogP contribution is 2.39. The average molecular weight is 395 g/mol. The fourth-order valence-electron chi connectivity index (χ4n) is 4.76. The van der Waals surface area contributed by atoms with Crippen LogP contribution in [0.2, 0.25) is 0 Å². The second kappa shape index (κ2) is 8.59. The van der Waals surface area contributed by atoms with E-state index >= 15 is 0 Å². The average Bonchev–Trinajstić information content (AvgIpc) is 3.12. The molecule has 0 radical (unpaired) electrons. The third-order valence-electron chi connectivity index (χ3n) is 6.25. The van der Waals surface area contributed by atoms with Gasteiger partial charge in [0.05, 0.1) is 6.61 Å². The number of ether oxygens (including phenoxy) is 1. The van der Waals surface area contributed by atoms with Crippen molar-refractivity contribution in [3.63, 3.8) is 0 Å². The summed E-state index contributed by atoms with van der Waals surface area (Å²) in [5.41, 5.74) is 2.93. The second-order valence-corrected chi connectivity index (χ2v) is 8.23. The van der Waals surface area contributed by atoms with E-state index in [0.717, 1.165) is 62.3 Å². The molecule has 29 heavy (non-hydrogen) atoms. The van der Waals surface area contributed by atoms with Gasteiger partial charge < -0.3 is 9.64 Å². The summed E-state index contributed by atoms with van der Waals surface area (Å²) in [6.45, 7) is 5.85. The van der Waals surface area contributed by atoms with Crippen LogP contribution >= 0.6 is 0 Å². The van der Waals surface area contributed by atoms with Crippen molar-refractivity contribution in [2.45, 2.75) is 44.7 Å². The first-order valence-corrected chi connectivity index (χ1v) is 10.5. The number of aromatic nitrogens is 2. The number of aryl methyl sites for hydroxylation is 1. The number of amides is 1. The summed E-state index contributed by atoms with van der Waals surface area (Å²) in [4.78, 5) is 26.9. The SMILES string of the molecule is COCCN1CCCC2(CCCN2Cc2cnc(-c3cccc(C)c3)nc2)C1=O. The molecule has 1 aromatic carbocycles. The molecule has 1 amide bonds. The number of hydrogen-bond acceptors (Lipinski definition) is 5. The van der Waals surface area contributed by atoms with Gasteiger partial charge in [-0.05, 0) is 45.2 Å². The van der Waals surface area contributed by atoms with E-state index < -0.39 is 0 Å². The van der Waals surface area contributed by atoms with Crippen LogP contribution in [0.3, 0.4) is 0 Å². The Balaban J connectivity index is 1.49. The van der Waals surface area contributed by atoms with Gasteiger partial charge in [0.15, 0.2) is 5.82 Å². The Morgan fingerprint density at radius 3 is 2.62 bits per heavy atom. The first kappa shape index (κ1) is 20.0. The quantitative estimate of drug-likeness (QED) is 0.754. The van der Waals surface area contributed by atoms with Gasteiger partial charge in [-0.25, -0.2) is 9.97 Å². The predicted octanol–water partition coefficient (Wildman–Crippen LogP) is 3.06. The van der Waals surface area contributed by atoms with Crippen molar-refractivity contribution in [2.24, 2.45) is 0 Å². The molecule has 1 spiro atoms. The Morgan fingerprint density at radius 2 is 1.90 bits per heavy atom. The van der Waals surface area contributed by atoms with Gasteiger partial charge in [-0.3, -0.25) is 9.69 Å². The summed E-state index contributed by atoms with van der Waals surface area (Å²) in [7, 11) is 1.69. The van der Waals surface area contributed by atoms with Gasteiger partial charge in [0.25, 0.3) is 0 Å². The van der Waals surface area contributed by atoms with E-state index in [0.29, 0.717) is 13.2 Å². The van der Waals surface area contributed by atoms with E-state index in [9.17, 15) is 4.79 Å². The van der Waals surface area contributed by atoms with E-state index in [4.69, 9.17) is 4.74 Å². The molecule has 2 aliphatic rings. The van der Waals surface area contributed by atoms with Crippen molar-refractivity contribution in [3.05, 3.63) is 47.8 Å². The molecule has 4 rings (SSSR count). The maximum Gasteiger partial charge on any atom is 0.243 e. The monoisotopic (exact) mass is 394 g/mol. The molecule has 1 aromatic heterocycles. The number of carbonyl (C=O) groups excluding carboxylic acids is 1. The van der Waals surface area contributed by atoms with Crippen LogP contribution in [-0.2, 0) is 16.1 Å². The molecule has 1 atom stereocenters. The Kier molecular flexibility index (Phi) is 5.92. The van der Waals surface area contributed by atoms with Crippen molar-refractivity contribution in [3.8, 4) is 11.4 Å². The zero-order chi connectivity index (χ0) is 20.3. The van der Waals surface area contributed by atoms with Gasteiger partial charge in [-0.1, -0.05) is 23.8 Å². The molecule has 2 aliphatic heterocycles. The molecule has 6 nitrogen and oxygen atoms in total. The molecule has 0 saturated carbocycles. The van der Waals surface area contributed by atoms with E-state index in [1.54, 1.807) is 7.11 Å². The molecule has 1 unspecified atom stereocenters. The number of benzene rings is 1. The summed E-state index contributed by atoms with van der Waals surface area (Å²) in [6.07, 6.45) is 7.81. The molecule has 3 heterocycles. The smallest absolute Gasteiger partial charge is 0.243 e. The fraction of sp³-hybridized carbons (Fsp3) is 0.522. The summed E-state index contributed by atoms with van der Waals surface area (Å²) < 4.78 is 5.20. The van der Waals surface area contributed by atoms with E-state index in [1.807, 2.05) is 29.4 Å². The highest BCUT2D eigenvalue weighted by molar-refractivity contribution is 5.87.